The lowest BCUT2D eigenvalue weighted by Crippen LogP contribution is -2.23. The van der Waals surface area contributed by atoms with Crippen LogP contribution in [0.3, 0.4) is 0 Å². The first-order chi connectivity index (χ1) is 14.9. The van der Waals surface area contributed by atoms with Crippen LogP contribution >= 0.6 is 11.6 Å². The van der Waals surface area contributed by atoms with Gasteiger partial charge in [0.2, 0.25) is 10.0 Å². The molecule has 8 heteroatoms. The summed E-state index contributed by atoms with van der Waals surface area (Å²) >= 11 is 6.34. The van der Waals surface area contributed by atoms with Crippen molar-refractivity contribution in [1.29, 1.82) is 0 Å². The van der Waals surface area contributed by atoms with Crippen LogP contribution in [0.2, 0.25) is 5.02 Å². The van der Waals surface area contributed by atoms with E-state index in [1.54, 1.807) is 18.2 Å². The Balaban J connectivity index is 1.63. The van der Waals surface area contributed by atoms with Crippen molar-refractivity contribution in [3.05, 3.63) is 102 Å². The van der Waals surface area contributed by atoms with E-state index >= 15 is 0 Å². The Labute approximate surface area is 187 Å². The number of rotatable bonds is 9. The maximum atomic E-state index is 12.5. The first kappa shape index (κ1) is 22.6. The van der Waals surface area contributed by atoms with Gasteiger partial charge in [-0.3, -0.25) is 4.79 Å². The highest BCUT2D eigenvalue weighted by atomic mass is 35.5. The Morgan fingerprint density at radius 1 is 1.00 bits per heavy atom. The molecular weight excluding hydrogens is 434 g/mol. The van der Waals surface area contributed by atoms with Gasteiger partial charge in [0.1, 0.15) is 0 Å². The summed E-state index contributed by atoms with van der Waals surface area (Å²) in [6.07, 6.45) is 1.45. The molecule has 0 saturated heterocycles. The highest BCUT2D eigenvalue weighted by molar-refractivity contribution is 7.89. The van der Waals surface area contributed by atoms with Gasteiger partial charge in [-0.25, -0.2) is 13.1 Å². The van der Waals surface area contributed by atoms with E-state index in [0.29, 0.717) is 22.8 Å². The molecule has 0 aliphatic carbocycles. The molecular formula is C23H22ClN3O3S. The minimum absolute atomic E-state index is 0.0720. The Morgan fingerprint density at radius 3 is 2.35 bits per heavy atom. The normalized spacial score (nSPS) is 11.0. The van der Waals surface area contributed by atoms with Crippen LogP contribution in [0.4, 0.5) is 11.4 Å². The topological polar surface area (TPSA) is 87.3 Å². The molecule has 0 bridgehead atoms. The average molecular weight is 456 g/mol. The van der Waals surface area contributed by atoms with Crippen molar-refractivity contribution in [3.63, 3.8) is 0 Å². The maximum absolute atomic E-state index is 12.5. The van der Waals surface area contributed by atoms with E-state index in [1.807, 2.05) is 30.3 Å². The van der Waals surface area contributed by atoms with Gasteiger partial charge in [0, 0.05) is 24.3 Å². The third kappa shape index (κ3) is 6.18. The van der Waals surface area contributed by atoms with E-state index in [0.717, 1.165) is 11.3 Å². The van der Waals surface area contributed by atoms with Crippen LogP contribution in [0.1, 0.15) is 15.9 Å². The van der Waals surface area contributed by atoms with Gasteiger partial charge >= 0.3 is 0 Å². The molecule has 3 aromatic carbocycles. The molecule has 0 aliphatic rings. The number of nitrogens with one attached hydrogen (secondary N) is 3. The molecule has 1 amide bonds. The molecule has 0 fully saturated rings. The number of hydrogen-bond acceptors (Lipinski definition) is 4. The zero-order chi connectivity index (χ0) is 22.3. The van der Waals surface area contributed by atoms with Gasteiger partial charge < -0.3 is 10.6 Å². The molecule has 0 atom stereocenters. The molecule has 6 nitrogen and oxygen atoms in total. The van der Waals surface area contributed by atoms with Crippen molar-refractivity contribution in [2.24, 2.45) is 0 Å². The highest BCUT2D eigenvalue weighted by Gasteiger charge is 2.14. The molecule has 3 rings (SSSR count). The van der Waals surface area contributed by atoms with Gasteiger partial charge in [-0.05, 0) is 48.0 Å². The number of carbonyl (C=O) groups is 1. The van der Waals surface area contributed by atoms with E-state index < -0.39 is 10.0 Å². The van der Waals surface area contributed by atoms with Crippen molar-refractivity contribution in [2.45, 2.75) is 11.4 Å². The standard InChI is InChI=1S/C23H22ClN3O3S/c1-2-14-26-31(29,30)20-11-8-18(9-12-20)23(28)27-19-10-13-22(21(24)15-19)25-16-17-6-4-3-5-7-17/h2-13,15,25-26H,1,14,16H2,(H,27,28). The van der Waals surface area contributed by atoms with Crippen molar-refractivity contribution < 1.29 is 13.2 Å². The SMILES string of the molecule is C=CCNS(=O)(=O)c1ccc(C(=O)Nc2ccc(NCc3ccccc3)c(Cl)c2)cc1. The lowest BCUT2D eigenvalue weighted by molar-refractivity contribution is 0.102. The van der Waals surface area contributed by atoms with E-state index in [1.165, 1.54) is 30.3 Å². The van der Waals surface area contributed by atoms with E-state index in [2.05, 4.69) is 21.9 Å². The average Bonchev–Trinajstić information content (AvgIpc) is 2.78. The van der Waals surface area contributed by atoms with Gasteiger partial charge in [-0.2, -0.15) is 0 Å². The summed E-state index contributed by atoms with van der Waals surface area (Å²) in [6.45, 7) is 4.23. The number of carbonyl (C=O) groups excluding carboxylic acids is 1. The number of benzene rings is 3. The maximum Gasteiger partial charge on any atom is 0.255 e. The molecule has 0 unspecified atom stereocenters. The minimum atomic E-state index is -3.64. The largest absolute Gasteiger partial charge is 0.380 e. The molecule has 0 radical (unpaired) electrons. The van der Waals surface area contributed by atoms with Crippen LogP contribution in [0.5, 0.6) is 0 Å². The van der Waals surface area contributed by atoms with E-state index in [-0.39, 0.29) is 17.3 Å². The zero-order valence-electron chi connectivity index (χ0n) is 16.6. The van der Waals surface area contributed by atoms with Crippen LogP contribution in [0, 0.1) is 0 Å². The minimum Gasteiger partial charge on any atom is -0.380 e. The summed E-state index contributed by atoms with van der Waals surface area (Å²) in [7, 11) is -3.64. The fourth-order valence-corrected chi connectivity index (χ4v) is 4.02. The molecule has 31 heavy (non-hydrogen) atoms. The smallest absolute Gasteiger partial charge is 0.255 e. The van der Waals surface area contributed by atoms with E-state index in [9.17, 15) is 13.2 Å². The predicted octanol–water partition coefficient (Wildman–Crippen LogP) is 4.67. The number of hydrogen-bond donors (Lipinski definition) is 3. The Bertz CT molecular complexity index is 1160. The summed E-state index contributed by atoms with van der Waals surface area (Å²) in [5, 5.41) is 6.50. The number of halogens is 1. The quantitative estimate of drug-likeness (QED) is 0.409. The second-order valence-corrected chi connectivity index (χ2v) is 8.83. The molecule has 0 saturated carbocycles. The summed E-state index contributed by atoms with van der Waals surface area (Å²) in [5.41, 5.74) is 2.74. The van der Waals surface area contributed by atoms with Crippen LogP contribution in [0.25, 0.3) is 0 Å². The third-order valence-corrected chi connectivity index (χ3v) is 6.15. The van der Waals surface area contributed by atoms with Crippen molar-refractivity contribution in [3.8, 4) is 0 Å². The predicted molar refractivity (Wildman–Crippen MR) is 125 cm³/mol. The summed E-state index contributed by atoms with van der Waals surface area (Å²) in [6, 6.07) is 20.8. The van der Waals surface area contributed by atoms with Crippen molar-refractivity contribution in [1.82, 2.24) is 4.72 Å². The Morgan fingerprint density at radius 2 is 1.71 bits per heavy atom. The first-order valence-corrected chi connectivity index (χ1v) is 11.3. The van der Waals surface area contributed by atoms with Gasteiger partial charge in [0.15, 0.2) is 0 Å². The molecule has 3 N–H and O–H groups in total. The lowest BCUT2D eigenvalue weighted by Gasteiger charge is -2.11. The number of sulfonamides is 1. The zero-order valence-corrected chi connectivity index (χ0v) is 18.2. The second-order valence-electron chi connectivity index (χ2n) is 6.65. The molecule has 3 aromatic rings. The lowest BCUT2D eigenvalue weighted by atomic mass is 10.2. The Hall–Kier alpha value is -3.13. The molecule has 0 aromatic heterocycles. The van der Waals surface area contributed by atoms with Crippen LogP contribution in [0.15, 0.2) is 90.3 Å². The fourth-order valence-electron chi connectivity index (χ4n) is 2.77. The molecule has 0 heterocycles. The van der Waals surface area contributed by atoms with Crippen LogP contribution in [-0.2, 0) is 16.6 Å². The van der Waals surface area contributed by atoms with E-state index in [4.69, 9.17) is 11.6 Å². The van der Waals surface area contributed by atoms with Crippen LogP contribution < -0.4 is 15.4 Å². The third-order valence-electron chi connectivity index (χ3n) is 4.40. The second kappa shape index (κ2) is 10.3. The van der Waals surface area contributed by atoms with Crippen LogP contribution in [-0.4, -0.2) is 20.9 Å². The van der Waals surface area contributed by atoms with Gasteiger partial charge in [0.25, 0.3) is 5.91 Å². The number of anilines is 2. The van der Waals surface area contributed by atoms with Crippen molar-refractivity contribution in [2.75, 3.05) is 17.2 Å². The molecule has 160 valence electrons. The summed E-state index contributed by atoms with van der Waals surface area (Å²) < 4.78 is 26.6. The van der Waals surface area contributed by atoms with Gasteiger partial charge in [-0.1, -0.05) is 48.0 Å². The highest BCUT2D eigenvalue weighted by Crippen LogP contribution is 2.26. The number of amides is 1. The summed E-state index contributed by atoms with van der Waals surface area (Å²) in [5.74, 6) is -0.371. The Kier molecular flexibility index (Phi) is 7.46. The van der Waals surface area contributed by atoms with Gasteiger partial charge in [0.05, 0.1) is 15.6 Å². The van der Waals surface area contributed by atoms with Crippen molar-refractivity contribution >= 4 is 38.9 Å². The first-order valence-electron chi connectivity index (χ1n) is 9.48. The fraction of sp³-hybridized carbons (Fsp3) is 0.0870. The molecule has 0 spiro atoms. The monoisotopic (exact) mass is 455 g/mol. The van der Waals surface area contributed by atoms with Gasteiger partial charge in [-0.15, -0.1) is 6.58 Å². The summed E-state index contributed by atoms with van der Waals surface area (Å²) in [4.78, 5) is 12.6. The molecule has 0 aliphatic heterocycles.